The first-order chi connectivity index (χ1) is 12.9. The van der Waals surface area contributed by atoms with Gasteiger partial charge in [-0.3, -0.25) is 19.1 Å². The van der Waals surface area contributed by atoms with Crippen molar-refractivity contribution in [3.05, 3.63) is 26.7 Å². The Kier molecular flexibility index (Phi) is 9.40. The van der Waals surface area contributed by atoms with Crippen LogP contribution in [0.1, 0.15) is 45.9 Å². The monoisotopic (exact) mass is 414 g/mol. The van der Waals surface area contributed by atoms with Crippen molar-refractivity contribution >= 4 is 29.5 Å². The number of aromatic nitrogens is 4. The highest BCUT2D eigenvalue weighted by atomic mass is 35.5. The van der Waals surface area contributed by atoms with Gasteiger partial charge in [-0.25, -0.2) is 9.78 Å². The van der Waals surface area contributed by atoms with E-state index in [1.54, 1.807) is 0 Å². The third-order valence-corrected chi connectivity index (χ3v) is 4.29. The van der Waals surface area contributed by atoms with E-state index < -0.39 is 11.2 Å². The Balaban J connectivity index is 0.00000392. The van der Waals surface area contributed by atoms with Gasteiger partial charge in [0.15, 0.2) is 11.2 Å². The van der Waals surface area contributed by atoms with Gasteiger partial charge in [-0.05, 0) is 12.3 Å². The first kappa shape index (κ1) is 23.9. The molecule has 0 spiro atoms. The molecule has 0 aliphatic heterocycles. The molecule has 1 amide bonds. The number of unbranched alkanes of at least 4 members (excludes halogenated alkanes) is 1. The summed E-state index contributed by atoms with van der Waals surface area (Å²) in [5.41, 5.74) is 5.32. The average Bonchev–Trinajstić information content (AvgIpc) is 2.96. The van der Waals surface area contributed by atoms with Crippen LogP contribution in [-0.2, 0) is 24.3 Å². The molecule has 9 nitrogen and oxygen atoms in total. The van der Waals surface area contributed by atoms with Crippen LogP contribution in [0.3, 0.4) is 0 Å². The van der Waals surface area contributed by atoms with Crippen LogP contribution in [0.4, 0.5) is 0 Å². The first-order valence-electron chi connectivity index (χ1n) is 9.58. The Hall–Kier alpha value is -2.13. The van der Waals surface area contributed by atoms with Crippen molar-refractivity contribution in [3.63, 3.8) is 0 Å². The van der Waals surface area contributed by atoms with E-state index in [1.807, 2.05) is 25.3 Å². The molecule has 158 valence electrons. The highest BCUT2D eigenvalue weighted by molar-refractivity contribution is 5.85. The zero-order valence-corrected chi connectivity index (χ0v) is 17.6. The van der Waals surface area contributed by atoms with Gasteiger partial charge in [0.1, 0.15) is 5.82 Å². The summed E-state index contributed by atoms with van der Waals surface area (Å²) in [5.74, 6) is 0.812. The van der Waals surface area contributed by atoms with E-state index in [1.165, 1.54) is 4.57 Å². The number of hydrogen-bond donors (Lipinski definition) is 3. The molecule has 2 heterocycles. The smallest absolute Gasteiger partial charge is 0.330 e. The molecule has 0 bridgehead atoms. The Morgan fingerprint density at radius 2 is 2.00 bits per heavy atom. The van der Waals surface area contributed by atoms with Gasteiger partial charge < -0.3 is 15.6 Å². The lowest BCUT2D eigenvalue weighted by Crippen LogP contribution is -2.31. The molecule has 0 radical (unpaired) electrons. The molecule has 2 aromatic heterocycles. The summed E-state index contributed by atoms with van der Waals surface area (Å²) in [6.07, 6.45) is 2.38. The van der Waals surface area contributed by atoms with E-state index in [4.69, 9.17) is 5.73 Å². The molecule has 28 heavy (non-hydrogen) atoms. The maximum absolute atomic E-state index is 12.5. The summed E-state index contributed by atoms with van der Waals surface area (Å²) < 4.78 is 3.37. The summed E-state index contributed by atoms with van der Waals surface area (Å²) in [7, 11) is 0. The fourth-order valence-corrected chi connectivity index (χ4v) is 3.02. The second-order valence-electron chi connectivity index (χ2n) is 7.11. The van der Waals surface area contributed by atoms with Gasteiger partial charge >= 0.3 is 5.69 Å². The number of rotatable bonds is 10. The number of amides is 1. The zero-order chi connectivity index (χ0) is 20.0. The number of nitrogens with zero attached hydrogens (tertiary/aromatic N) is 3. The Morgan fingerprint density at radius 1 is 1.29 bits per heavy atom. The predicted molar refractivity (Wildman–Crippen MR) is 112 cm³/mol. The Bertz CT molecular complexity index is 899. The van der Waals surface area contributed by atoms with Gasteiger partial charge in [-0.1, -0.05) is 27.2 Å². The first-order valence-corrected chi connectivity index (χ1v) is 9.58. The number of halogens is 1. The van der Waals surface area contributed by atoms with Crippen molar-refractivity contribution in [2.75, 3.05) is 13.1 Å². The molecule has 0 aliphatic carbocycles. The van der Waals surface area contributed by atoms with Crippen LogP contribution in [0.15, 0.2) is 9.59 Å². The van der Waals surface area contributed by atoms with Crippen LogP contribution in [0.5, 0.6) is 0 Å². The lowest BCUT2D eigenvalue weighted by molar-refractivity contribution is -0.121. The SMILES string of the molecule is CCCCn1c(=O)[nH]c(=O)c2c1nc(CCC(=O)NCCN)n2CC(C)C.Cl. The second-order valence-corrected chi connectivity index (χ2v) is 7.11. The maximum atomic E-state index is 12.5. The van der Waals surface area contributed by atoms with Crippen molar-refractivity contribution in [1.29, 1.82) is 0 Å². The highest BCUT2D eigenvalue weighted by Gasteiger charge is 2.19. The molecule has 2 aromatic rings. The predicted octanol–water partition coefficient (Wildman–Crippen LogP) is 0.772. The highest BCUT2D eigenvalue weighted by Crippen LogP contribution is 2.16. The molecule has 0 fully saturated rings. The summed E-state index contributed by atoms with van der Waals surface area (Å²) in [6, 6.07) is 0. The van der Waals surface area contributed by atoms with Crippen LogP contribution in [0, 0.1) is 5.92 Å². The number of hydrogen-bond acceptors (Lipinski definition) is 5. The normalized spacial score (nSPS) is 11.0. The number of imidazole rings is 1. The summed E-state index contributed by atoms with van der Waals surface area (Å²) >= 11 is 0. The number of carbonyl (C=O) groups is 1. The molecule has 0 aromatic carbocycles. The number of aromatic amines is 1. The summed E-state index contributed by atoms with van der Waals surface area (Å²) in [5, 5.41) is 2.73. The number of nitrogens with two attached hydrogens (primary N) is 1. The van der Waals surface area contributed by atoms with E-state index in [0.29, 0.717) is 49.6 Å². The van der Waals surface area contributed by atoms with Crippen LogP contribution < -0.4 is 22.3 Å². The molecule has 0 unspecified atom stereocenters. The van der Waals surface area contributed by atoms with E-state index >= 15 is 0 Å². The number of fused-ring (bicyclic) bond motifs is 1. The van der Waals surface area contributed by atoms with Gasteiger partial charge in [0.05, 0.1) is 0 Å². The topological polar surface area (TPSA) is 128 Å². The second kappa shape index (κ2) is 11.0. The number of carbonyl (C=O) groups excluding carboxylic acids is 1. The van der Waals surface area contributed by atoms with Crippen molar-refractivity contribution in [2.24, 2.45) is 11.7 Å². The van der Waals surface area contributed by atoms with E-state index in [0.717, 1.165) is 12.8 Å². The summed E-state index contributed by atoms with van der Waals surface area (Å²) in [6.45, 7) is 8.03. The zero-order valence-electron chi connectivity index (χ0n) is 16.8. The number of nitrogens with one attached hydrogen (secondary N) is 2. The lowest BCUT2D eigenvalue weighted by Gasteiger charge is -2.11. The molecule has 2 rings (SSSR count). The Labute approximate surface area is 170 Å². The van der Waals surface area contributed by atoms with Gasteiger partial charge in [0.25, 0.3) is 5.56 Å². The fourth-order valence-electron chi connectivity index (χ4n) is 3.02. The van der Waals surface area contributed by atoms with Crippen molar-refractivity contribution in [2.45, 2.75) is 59.5 Å². The van der Waals surface area contributed by atoms with E-state index in [2.05, 4.69) is 15.3 Å². The van der Waals surface area contributed by atoms with Crippen LogP contribution in [-0.4, -0.2) is 38.1 Å². The van der Waals surface area contributed by atoms with Crippen molar-refractivity contribution in [3.8, 4) is 0 Å². The standard InChI is InChI=1S/C18H30N6O3.ClH/c1-4-5-10-23-16-15(17(26)22-18(23)27)24(11-12(2)3)13(21-16)6-7-14(25)20-9-8-19;/h12H,4-11,19H2,1-3H3,(H,20,25)(H,22,26,27);1H. The van der Waals surface area contributed by atoms with Crippen molar-refractivity contribution < 1.29 is 4.79 Å². The minimum Gasteiger partial charge on any atom is -0.355 e. The molecule has 0 atom stereocenters. The quantitative estimate of drug-likeness (QED) is 0.529. The Morgan fingerprint density at radius 3 is 2.61 bits per heavy atom. The molecule has 4 N–H and O–H groups in total. The fraction of sp³-hybridized carbons (Fsp3) is 0.667. The third-order valence-electron chi connectivity index (χ3n) is 4.29. The number of H-pyrrole nitrogens is 1. The third kappa shape index (κ3) is 5.68. The summed E-state index contributed by atoms with van der Waals surface area (Å²) in [4.78, 5) is 43.7. The molecule has 0 saturated heterocycles. The molecule has 0 saturated carbocycles. The van der Waals surface area contributed by atoms with E-state index in [9.17, 15) is 14.4 Å². The van der Waals surface area contributed by atoms with Crippen LogP contribution in [0.2, 0.25) is 0 Å². The van der Waals surface area contributed by atoms with Crippen LogP contribution in [0.25, 0.3) is 11.2 Å². The molecule has 0 aliphatic rings. The lowest BCUT2D eigenvalue weighted by atomic mass is 10.2. The van der Waals surface area contributed by atoms with Crippen molar-refractivity contribution in [1.82, 2.24) is 24.4 Å². The van der Waals surface area contributed by atoms with E-state index in [-0.39, 0.29) is 30.7 Å². The minimum atomic E-state index is -0.442. The molecular formula is C18H31ClN6O3. The van der Waals surface area contributed by atoms with Gasteiger partial charge in [0, 0.05) is 39.0 Å². The maximum Gasteiger partial charge on any atom is 0.330 e. The van der Waals surface area contributed by atoms with Crippen LogP contribution >= 0.6 is 12.4 Å². The van der Waals surface area contributed by atoms with Gasteiger partial charge in [-0.15, -0.1) is 12.4 Å². The van der Waals surface area contributed by atoms with Gasteiger partial charge in [0.2, 0.25) is 5.91 Å². The minimum absolute atomic E-state index is 0. The number of aryl methyl sites for hydroxylation is 2. The van der Waals surface area contributed by atoms with Gasteiger partial charge in [-0.2, -0.15) is 0 Å². The molecular weight excluding hydrogens is 384 g/mol. The largest absolute Gasteiger partial charge is 0.355 e. The molecule has 10 heteroatoms. The average molecular weight is 415 g/mol.